The molecule has 2 amide bonds. The third-order valence-electron chi connectivity index (χ3n) is 4.98. The van der Waals surface area contributed by atoms with Crippen LogP contribution in [0.1, 0.15) is 43.0 Å². The van der Waals surface area contributed by atoms with E-state index in [0.717, 1.165) is 25.7 Å². The van der Waals surface area contributed by atoms with Crippen molar-refractivity contribution in [1.29, 1.82) is 0 Å². The van der Waals surface area contributed by atoms with Crippen molar-refractivity contribution in [3.05, 3.63) is 29.8 Å². The first-order valence-corrected chi connectivity index (χ1v) is 9.58. The Morgan fingerprint density at radius 1 is 1.07 bits per heavy atom. The van der Waals surface area contributed by atoms with Gasteiger partial charge < -0.3 is 19.7 Å². The minimum absolute atomic E-state index is 0.0295. The molecule has 1 aromatic rings. The molecule has 1 N–H and O–H groups in total. The summed E-state index contributed by atoms with van der Waals surface area (Å²) in [6.45, 7) is 4.02. The highest BCUT2D eigenvalue weighted by Crippen LogP contribution is 2.29. The predicted octanol–water partition coefficient (Wildman–Crippen LogP) is 2.60. The van der Waals surface area contributed by atoms with Crippen LogP contribution in [-0.2, 0) is 9.53 Å². The van der Waals surface area contributed by atoms with Crippen molar-refractivity contribution in [2.24, 2.45) is 11.8 Å². The lowest BCUT2D eigenvalue weighted by atomic mass is 9.96. The van der Waals surface area contributed by atoms with Gasteiger partial charge >= 0.3 is 6.16 Å². The molecule has 0 spiro atoms. The largest absolute Gasteiger partial charge is 0.513 e. The topological polar surface area (TPSA) is 84.9 Å². The number of carbonyl (C=O) groups is 3. The Bertz CT molecular complexity index is 676. The zero-order chi connectivity index (χ0) is 19.2. The third-order valence-corrected chi connectivity index (χ3v) is 4.98. The van der Waals surface area contributed by atoms with Gasteiger partial charge in [0.05, 0.1) is 6.61 Å². The van der Waals surface area contributed by atoms with Gasteiger partial charge in [-0.05, 0) is 62.8 Å². The van der Waals surface area contributed by atoms with Gasteiger partial charge in [0.25, 0.3) is 5.91 Å². The molecule has 0 bridgehead atoms. The van der Waals surface area contributed by atoms with Crippen LogP contribution in [0.4, 0.5) is 4.79 Å². The highest BCUT2D eigenvalue weighted by Gasteiger charge is 2.30. The molecule has 2 aliphatic rings. The molecule has 146 valence electrons. The second-order valence-electron chi connectivity index (χ2n) is 7.06. The third kappa shape index (κ3) is 5.45. The zero-order valence-corrected chi connectivity index (χ0v) is 15.6. The van der Waals surface area contributed by atoms with E-state index in [2.05, 4.69) is 5.32 Å². The molecule has 1 aliphatic heterocycles. The summed E-state index contributed by atoms with van der Waals surface area (Å²) in [5, 5.41) is 3.03. The van der Waals surface area contributed by atoms with Crippen LogP contribution in [0.5, 0.6) is 5.75 Å². The van der Waals surface area contributed by atoms with Gasteiger partial charge in [0.1, 0.15) is 5.75 Å². The molecule has 3 rings (SSSR count). The van der Waals surface area contributed by atoms with E-state index in [1.54, 1.807) is 31.2 Å². The van der Waals surface area contributed by atoms with Crippen LogP contribution in [-0.4, -0.2) is 49.1 Å². The predicted molar refractivity (Wildman–Crippen MR) is 98.5 cm³/mol. The van der Waals surface area contributed by atoms with E-state index >= 15 is 0 Å². The quantitative estimate of drug-likeness (QED) is 0.611. The molecular weight excluding hydrogens is 348 g/mol. The van der Waals surface area contributed by atoms with Crippen molar-refractivity contribution in [2.75, 3.05) is 26.2 Å². The minimum atomic E-state index is -0.757. The smallest absolute Gasteiger partial charge is 0.434 e. The summed E-state index contributed by atoms with van der Waals surface area (Å²) in [6.07, 6.45) is 3.05. The van der Waals surface area contributed by atoms with Crippen molar-refractivity contribution in [3.63, 3.8) is 0 Å². The normalized spacial score (nSPS) is 17.3. The molecular formula is C20H26N2O5. The Hall–Kier alpha value is -2.57. The molecule has 1 saturated heterocycles. The summed E-state index contributed by atoms with van der Waals surface area (Å²) in [5.74, 6) is 1.16. The zero-order valence-electron chi connectivity index (χ0n) is 15.6. The molecule has 2 fully saturated rings. The molecule has 0 unspecified atom stereocenters. The van der Waals surface area contributed by atoms with E-state index in [4.69, 9.17) is 9.47 Å². The Morgan fingerprint density at radius 3 is 2.33 bits per heavy atom. The number of benzene rings is 1. The molecule has 0 aromatic heterocycles. The maximum Gasteiger partial charge on any atom is 0.513 e. The summed E-state index contributed by atoms with van der Waals surface area (Å²) in [6, 6.07) is 6.48. The molecule has 7 nitrogen and oxygen atoms in total. The molecule has 1 aromatic carbocycles. The molecule has 0 radical (unpaired) electrons. The Morgan fingerprint density at radius 2 is 1.74 bits per heavy atom. The average Bonchev–Trinajstić information content (AvgIpc) is 3.52. The van der Waals surface area contributed by atoms with Gasteiger partial charge in [0.2, 0.25) is 5.91 Å². The number of carbonyl (C=O) groups excluding carboxylic acids is 3. The monoisotopic (exact) mass is 374 g/mol. The van der Waals surface area contributed by atoms with Crippen molar-refractivity contribution >= 4 is 18.0 Å². The van der Waals surface area contributed by atoms with E-state index in [1.807, 2.05) is 4.90 Å². The summed E-state index contributed by atoms with van der Waals surface area (Å²) >= 11 is 0. The maximum atomic E-state index is 12.6. The second kappa shape index (κ2) is 8.88. The van der Waals surface area contributed by atoms with Crippen LogP contribution in [0.2, 0.25) is 0 Å². The molecule has 7 heteroatoms. The van der Waals surface area contributed by atoms with Crippen molar-refractivity contribution in [2.45, 2.75) is 32.6 Å². The summed E-state index contributed by atoms with van der Waals surface area (Å²) < 4.78 is 9.71. The van der Waals surface area contributed by atoms with Crippen LogP contribution >= 0.6 is 0 Å². The van der Waals surface area contributed by atoms with E-state index in [9.17, 15) is 14.4 Å². The minimum Gasteiger partial charge on any atom is -0.434 e. The molecule has 1 aliphatic carbocycles. The maximum absolute atomic E-state index is 12.6. The fourth-order valence-corrected chi connectivity index (χ4v) is 3.17. The van der Waals surface area contributed by atoms with Gasteiger partial charge in [0, 0.05) is 31.1 Å². The van der Waals surface area contributed by atoms with Crippen LogP contribution in [0, 0.1) is 11.8 Å². The van der Waals surface area contributed by atoms with E-state index < -0.39 is 6.16 Å². The van der Waals surface area contributed by atoms with E-state index in [1.165, 1.54) is 0 Å². The van der Waals surface area contributed by atoms with Gasteiger partial charge in [0.15, 0.2) is 0 Å². The average molecular weight is 374 g/mol. The Labute approximate surface area is 159 Å². The summed E-state index contributed by atoms with van der Waals surface area (Å²) in [4.78, 5) is 37.5. The van der Waals surface area contributed by atoms with Gasteiger partial charge in [-0.2, -0.15) is 0 Å². The number of rotatable bonds is 6. The van der Waals surface area contributed by atoms with E-state index in [0.29, 0.717) is 36.9 Å². The fourth-order valence-electron chi connectivity index (χ4n) is 3.17. The molecule has 1 heterocycles. The van der Waals surface area contributed by atoms with Gasteiger partial charge in [-0.1, -0.05) is 0 Å². The number of nitrogens with zero attached hydrogens (tertiary/aromatic N) is 1. The lowest BCUT2D eigenvalue weighted by Crippen LogP contribution is -2.41. The highest BCUT2D eigenvalue weighted by molar-refractivity contribution is 5.94. The van der Waals surface area contributed by atoms with Crippen molar-refractivity contribution < 1.29 is 23.9 Å². The van der Waals surface area contributed by atoms with Crippen molar-refractivity contribution in [3.8, 4) is 5.75 Å². The van der Waals surface area contributed by atoms with Crippen LogP contribution in [0.3, 0.4) is 0 Å². The lowest BCUT2D eigenvalue weighted by molar-refractivity contribution is -0.122. The number of ether oxygens (including phenoxy) is 2. The Balaban J connectivity index is 1.44. The number of nitrogens with one attached hydrogen (secondary N) is 1. The van der Waals surface area contributed by atoms with Gasteiger partial charge in [-0.3, -0.25) is 9.59 Å². The van der Waals surface area contributed by atoms with Crippen LogP contribution in [0.25, 0.3) is 0 Å². The second-order valence-corrected chi connectivity index (χ2v) is 7.06. The number of hydrogen-bond acceptors (Lipinski definition) is 5. The number of hydrogen-bond donors (Lipinski definition) is 1. The van der Waals surface area contributed by atoms with Crippen molar-refractivity contribution in [1.82, 2.24) is 10.2 Å². The first-order valence-electron chi connectivity index (χ1n) is 9.58. The molecule has 1 saturated carbocycles. The molecule has 0 atom stereocenters. The van der Waals surface area contributed by atoms with Gasteiger partial charge in [-0.25, -0.2) is 4.79 Å². The Kier molecular flexibility index (Phi) is 6.32. The van der Waals surface area contributed by atoms with E-state index in [-0.39, 0.29) is 24.3 Å². The standard InChI is InChI=1S/C20H26N2O5/c1-2-26-20(25)27-17-7-5-16(6-8-17)19(24)22-11-9-14(10-12-22)13-21-18(23)15-3-4-15/h5-8,14-15H,2-4,9-13H2,1H3,(H,21,23). The fraction of sp³-hybridized carbons (Fsp3) is 0.550. The number of likely N-dealkylation sites (tertiary alicyclic amines) is 1. The van der Waals surface area contributed by atoms with Crippen LogP contribution < -0.4 is 10.1 Å². The first-order chi connectivity index (χ1) is 13.1. The number of amides is 2. The first kappa shape index (κ1) is 19.2. The van der Waals surface area contributed by atoms with Crippen LogP contribution in [0.15, 0.2) is 24.3 Å². The summed E-state index contributed by atoms with van der Waals surface area (Å²) in [5.41, 5.74) is 0.562. The molecule has 27 heavy (non-hydrogen) atoms. The SMILES string of the molecule is CCOC(=O)Oc1ccc(C(=O)N2CCC(CNC(=O)C3CC3)CC2)cc1. The van der Waals surface area contributed by atoms with Gasteiger partial charge in [-0.15, -0.1) is 0 Å². The summed E-state index contributed by atoms with van der Waals surface area (Å²) in [7, 11) is 0. The number of piperidine rings is 1. The highest BCUT2D eigenvalue weighted by atomic mass is 16.7. The lowest BCUT2D eigenvalue weighted by Gasteiger charge is -2.32.